The Kier molecular flexibility index (Phi) is 3.63. The molecule has 0 aliphatic carbocycles. The van der Waals surface area contributed by atoms with Gasteiger partial charge in [-0.2, -0.15) is 5.26 Å². The van der Waals surface area contributed by atoms with Crippen molar-refractivity contribution in [1.82, 2.24) is 4.98 Å². The lowest BCUT2D eigenvalue weighted by Crippen LogP contribution is -1.92. The van der Waals surface area contributed by atoms with Crippen molar-refractivity contribution in [2.24, 2.45) is 0 Å². The normalized spacial score (nSPS) is 10.1. The molecule has 0 fully saturated rings. The molecular formula is C14H14N2OS. The molecule has 0 N–H and O–H groups in total. The Bertz CT molecular complexity index is 587. The zero-order valence-electron chi connectivity index (χ0n) is 10.7. The number of rotatable bonds is 3. The third-order valence-electron chi connectivity index (χ3n) is 2.74. The first kappa shape index (κ1) is 12.6. The summed E-state index contributed by atoms with van der Waals surface area (Å²) in [7, 11) is 1.68. The average Bonchev–Trinajstić information content (AvgIpc) is 2.78. The summed E-state index contributed by atoms with van der Waals surface area (Å²) in [5.41, 5.74) is 4.20. The zero-order valence-corrected chi connectivity index (χ0v) is 11.5. The van der Waals surface area contributed by atoms with Crippen molar-refractivity contribution in [3.63, 3.8) is 0 Å². The molecule has 0 aliphatic heterocycles. The Morgan fingerprint density at radius 2 is 2.00 bits per heavy atom. The summed E-state index contributed by atoms with van der Waals surface area (Å²) in [5.74, 6) is 0.922. The molecule has 0 unspecified atom stereocenters. The molecule has 2 rings (SSSR count). The fourth-order valence-electron chi connectivity index (χ4n) is 2.01. The number of aromatic nitrogens is 1. The van der Waals surface area contributed by atoms with Crippen molar-refractivity contribution in [1.29, 1.82) is 5.26 Å². The summed E-state index contributed by atoms with van der Waals surface area (Å²) >= 11 is 1.53. The van der Waals surface area contributed by atoms with Crippen LogP contribution in [0.3, 0.4) is 0 Å². The average molecular weight is 258 g/mol. The number of benzene rings is 1. The molecule has 0 amide bonds. The van der Waals surface area contributed by atoms with Crippen LogP contribution in [-0.2, 0) is 6.42 Å². The van der Waals surface area contributed by atoms with Crippen LogP contribution in [0.25, 0.3) is 11.3 Å². The Morgan fingerprint density at radius 3 is 2.56 bits per heavy atom. The van der Waals surface area contributed by atoms with Crippen LogP contribution in [0.15, 0.2) is 17.5 Å². The van der Waals surface area contributed by atoms with Gasteiger partial charge in [0.2, 0.25) is 0 Å². The maximum atomic E-state index is 8.66. The van der Waals surface area contributed by atoms with Crippen LogP contribution in [-0.4, -0.2) is 12.1 Å². The third kappa shape index (κ3) is 2.36. The van der Waals surface area contributed by atoms with E-state index < -0.39 is 0 Å². The predicted molar refractivity (Wildman–Crippen MR) is 72.9 cm³/mol. The first-order chi connectivity index (χ1) is 8.65. The largest absolute Gasteiger partial charge is 0.496 e. The first-order valence-corrected chi connectivity index (χ1v) is 6.50. The van der Waals surface area contributed by atoms with Crippen molar-refractivity contribution in [2.45, 2.75) is 20.3 Å². The molecular weight excluding hydrogens is 244 g/mol. The lowest BCUT2D eigenvalue weighted by atomic mass is 10.0. The first-order valence-electron chi connectivity index (χ1n) is 5.62. The second-order valence-corrected chi connectivity index (χ2v) is 5.05. The maximum absolute atomic E-state index is 8.66. The summed E-state index contributed by atoms with van der Waals surface area (Å²) in [6.45, 7) is 4.05. The molecule has 1 aromatic carbocycles. The van der Waals surface area contributed by atoms with Crippen LogP contribution < -0.4 is 4.74 Å². The molecule has 0 radical (unpaired) electrons. The van der Waals surface area contributed by atoms with Crippen molar-refractivity contribution >= 4 is 11.3 Å². The molecule has 3 nitrogen and oxygen atoms in total. The van der Waals surface area contributed by atoms with Gasteiger partial charge in [-0.25, -0.2) is 4.98 Å². The third-order valence-corrected chi connectivity index (χ3v) is 3.59. The standard InChI is InChI=1S/C14H14N2OS/c1-9-6-11(7-10(2)14(9)17-3)12-8-18-13(16-12)4-5-15/h6-8H,4H2,1-3H3. The number of ether oxygens (including phenoxy) is 1. The highest BCUT2D eigenvalue weighted by Gasteiger charge is 2.09. The Morgan fingerprint density at radius 1 is 1.33 bits per heavy atom. The number of nitriles is 1. The van der Waals surface area contributed by atoms with Gasteiger partial charge in [-0.3, -0.25) is 0 Å². The van der Waals surface area contributed by atoms with Gasteiger partial charge in [0.1, 0.15) is 10.8 Å². The number of thiazole rings is 1. The number of methoxy groups -OCH3 is 1. The highest BCUT2D eigenvalue weighted by Crippen LogP contribution is 2.30. The SMILES string of the molecule is COc1c(C)cc(-c2csc(CC#N)n2)cc1C. The molecule has 4 heteroatoms. The van der Waals surface area contributed by atoms with Crippen molar-refractivity contribution in [3.8, 4) is 23.1 Å². The molecule has 2 aromatic rings. The molecule has 0 aliphatic rings. The number of nitrogens with zero attached hydrogens (tertiary/aromatic N) is 2. The van der Waals surface area contributed by atoms with Gasteiger partial charge in [0.15, 0.2) is 0 Å². The molecule has 0 saturated heterocycles. The quantitative estimate of drug-likeness (QED) is 0.846. The summed E-state index contributed by atoms with van der Waals surface area (Å²) in [6.07, 6.45) is 0.374. The molecule has 0 spiro atoms. The van der Waals surface area contributed by atoms with Crippen LogP contribution >= 0.6 is 11.3 Å². The summed E-state index contributed by atoms with van der Waals surface area (Å²) in [6, 6.07) is 6.25. The smallest absolute Gasteiger partial charge is 0.124 e. The lowest BCUT2D eigenvalue weighted by Gasteiger charge is -2.10. The van der Waals surface area contributed by atoms with Crippen LogP contribution in [0, 0.1) is 25.2 Å². The van der Waals surface area contributed by atoms with E-state index in [4.69, 9.17) is 10.00 Å². The van der Waals surface area contributed by atoms with E-state index in [1.54, 1.807) is 7.11 Å². The Hall–Kier alpha value is -1.86. The summed E-state index contributed by atoms with van der Waals surface area (Å²) in [5, 5.41) is 11.5. The second-order valence-electron chi connectivity index (χ2n) is 4.10. The van der Waals surface area contributed by atoms with E-state index in [2.05, 4.69) is 23.2 Å². The highest BCUT2D eigenvalue weighted by molar-refractivity contribution is 7.10. The zero-order chi connectivity index (χ0) is 13.1. The molecule has 0 atom stereocenters. The van der Waals surface area contributed by atoms with Crippen molar-refractivity contribution in [2.75, 3.05) is 7.11 Å². The minimum absolute atomic E-state index is 0.374. The molecule has 92 valence electrons. The number of hydrogen-bond donors (Lipinski definition) is 0. The van der Waals surface area contributed by atoms with E-state index >= 15 is 0 Å². The van der Waals surface area contributed by atoms with Gasteiger partial charge < -0.3 is 4.74 Å². The molecule has 1 heterocycles. The van der Waals surface area contributed by atoms with E-state index in [0.29, 0.717) is 6.42 Å². The highest BCUT2D eigenvalue weighted by atomic mass is 32.1. The van der Waals surface area contributed by atoms with E-state index in [1.165, 1.54) is 11.3 Å². The van der Waals surface area contributed by atoms with E-state index in [9.17, 15) is 0 Å². The van der Waals surface area contributed by atoms with E-state index in [0.717, 1.165) is 33.1 Å². The van der Waals surface area contributed by atoms with Gasteiger partial charge in [-0.15, -0.1) is 11.3 Å². The molecule has 18 heavy (non-hydrogen) atoms. The van der Waals surface area contributed by atoms with Crippen LogP contribution in [0.4, 0.5) is 0 Å². The minimum atomic E-state index is 0.374. The van der Waals surface area contributed by atoms with Crippen molar-refractivity contribution in [3.05, 3.63) is 33.6 Å². The van der Waals surface area contributed by atoms with Gasteiger partial charge in [-0.1, -0.05) is 0 Å². The van der Waals surface area contributed by atoms with Gasteiger partial charge >= 0.3 is 0 Å². The minimum Gasteiger partial charge on any atom is -0.496 e. The topological polar surface area (TPSA) is 45.9 Å². The molecule has 0 saturated carbocycles. The Balaban J connectivity index is 2.42. The molecule has 1 aromatic heterocycles. The Labute approximate surface area is 111 Å². The van der Waals surface area contributed by atoms with Gasteiger partial charge in [0, 0.05) is 10.9 Å². The summed E-state index contributed by atoms with van der Waals surface area (Å²) < 4.78 is 5.35. The summed E-state index contributed by atoms with van der Waals surface area (Å²) in [4.78, 5) is 4.46. The van der Waals surface area contributed by atoms with E-state index in [1.807, 2.05) is 19.2 Å². The second kappa shape index (κ2) is 5.19. The molecule has 0 bridgehead atoms. The maximum Gasteiger partial charge on any atom is 0.124 e. The van der Waals surface area contributed by atoms with Gasteiger partial charge in [-0.05, 0) is 37.1 Å². The van der Waals surface area contributed by atoms with Crippen LogP contribution in [0.5, 0.6) is 5.75 Å². The van der Waals surface area contributed by atoms with Gasteiger partial charge in [0.05, 0.1) is 25.3 Å². The lowest BCUT2D eigenvalue weighted by molar-refractivity contribution is 0.408. The van der Waals surface area contributed by atoms with Crippen LogP contribution in [0.2, 0.25) is 0 Å². The predicted octanol–water partition coefficient (Wildman–Crippen LogP) is 3.50. The van der Waals surface area contributed by atoms with Crippen molar-refractivity contribution < 1.29 is 4.74 Å². The fourth-order valence-corrected chi connectivity index (χ4v) is 2.75. The van der Waals surface area contributed by atoms with Gasteiger partial charge in [0.25, 0.3) is 0 Å². The van der Waals surface area contributed by atoms with E-state index in [-0.39, 0.29) is 0 Å². The number of aryl methyl sites for hydroxylation is 2. The number of hydrogen-bond acceptors (Lipinski definition) is 4. The fraction of sp³-hybridized carbons (Fsp3) is 0.286. The monoisotopic (exact) mass is 258 g/mol. The van der Waals surface area contributed by atoms with Crippen LogP contribution in [0.1, 0.15) is 16.1 Å².